The fourth-order valence-electron chi connectivity index (χ4n) is 11.9. The van der Waals surface area contributed by atoms with Gasteiger partial charge in [-0.3, -0.25) is 9.59 Å². The number of amides is 1. The number of hydrogen-bond acceptors (Lipinski definition) is 5. The first-order chi connectivity index (χ1) is 39.5. The number of ether oxygens (including phenoxy) is 1. The van der Waals surface area contributed by atoms with Crippen molar-refractivity contribution in [1.82, 2.24) is 5.32 Å². The van der Waals surface area contributed by atoms with E-state index in [0.29, 0.717) is 25.9 Å². The molecule has 0 aromatic rings. The summed E-state index contributed by atoms with van der Waals surface area (Å²) >= 11 is 0. The molecule has 0 saturated carbocycles. The third-order valence-electron chi connectivity index (χ3n) is 17.6. The SMILES string of the molecule is CCCCCCCCC/C=C\CCCCCCCC(=O)OCCCCCCCCCCCCCCCCCCCCCCCCCCCCCCCCC(=O)NC(CO)C(O)CCCCCCCCCCCCCCCCCCC. The second-order valence-electron chi connectivity index (χ2n) is 25.6. The minimum atomic E-state index is -0.661. The fraction of sp³-hybridized carbons (Fsp3) is 0.946. The molecule has 2 atom stereocenters. The molecule has 0 aliphatic carbocycles. The van der Waals surface area contributed by atoms with E-state index in [-0.39, 0.29) is 18.5 Å². The number of esters is 1. The molecule has 0 aliphatic heterocycles. The Labute approximate surface area is 501 Å². The molecular weight excluding hydrogens is 983 g/mol. The Bertz CT molecular complexity index is 1210. The molecule has 0 rings (SSSR count). The summed E-state index contributed by atoms with van der Waals surface area (Å²) in [5, 5.41) is 23.4. The lowest BCUT2D eigenvalue weighted by Gasteiger charge is -2.22. The van der Waals surface area contributed by atoms with Crippen LogP contribution in [0, 0.1) is 0 Å². The highest BCUT2D eigenvalue weighted by Crippen LogP contribution is 2.20. The van der Waals surface area contributed by atoms with E-state index in [9.17, 15) is 19.8 Å². The van der Waals surface area contributed by atoms with E-state index in [4.69, 9.17) is 4.74 Å². The fourth-order valence-corrected chi connectivity index (χ4v) is 11.9. The predicted octanol–water partition coefficient (Wildman–Crippen LogP) is 23.9. The summed E-state index contributed by atoms with van der Waals surface area (Å²) in [4.78, 5) is 24.6. The van der Waals surface area contributed by atoms with Gasteiger partial charge in [-0.2, -0.15) is 0 Å². The lowest BCUT2D eigenvalue weighted by molar-refractivity contribution is -0.143. The van der Waals surface area contributed by atoms with Gasteiger partial charge in [-0.25, -0.2) is 0 Å². The van der Waals surface area contributed by atoms with Crippen LogP contribution in [-0.4, -0.2) is 47.4 Å². The first-order valence-corrected chi connectivity index (χ1v) is 36.9. The number of hydrogen-bond donors (Lipinski definition) is 3. The van der Waals surface area contributed by atoms with Gasteiger partial charge in [-0.15, -0.1) is 0 Å². The van der Waals surface area contributed by atoms with Gasteiger partial charge in [0.15, 0.2) is 0 Å². The summed E-state index contributed by atoms with van der Waals surface area (Å²) in [7, 11) is 0. The van der Waals surface area contributed by atoms with Crippen molar-refractivity contribution in [1.29, 1.82) is 0 Å². The van der Waals surface area contributed by atoms with Crippen molar-refractivity contribution >= 4 is 11.9 Å². The summed E-state index contributed by atoms with van der Waals surface area (Å²) in [5.41, 5.74) is 0. The Morgan fingerprint density at radius 2 is 0.588 bits per heavy atom. The van der Waals surface area contributed by atoms with Crippen LogP contribution in [-0.2, 0) is 14.3 Å². The number of nitrogens with one attached hydrogen (secondary N) is 1. The van der Waals surface area contributed by atoms with Crippen LogP contribution in [0.2, 0.25) is 0 Å². The first kappa shape index (κ1) is 78.6. The minimum Gasteiger partial charge on any atom is -0.466 e. The van der Waals surface area contributed by atoms with Crippen molar-refractivity contribution in [3.05, 3.63) is 12.2 Å². The molecule has 80 heavy (non-hydrogen) atoms. The van der Waals surface area contributed by atoms with Crippen LogP contribution in [0.3, 0.4) is 0 Å². The van der Waals surface area contributed by atoms with Crippen molar-refractivity contribution < 1.29 is 24.5 Å². The average molecular weight is 1130 g/mol. The Hall–Kier alpha value is -1.40. The highest BCUT2D eigenvalue weighted by molar-refractivity contribution is 5.76. The summed E-state index contributed by atoms with van der Waals surface area (Å²) in [6.45, 7) is 4.99. The maximum absolute atomic E-state index is 12.5. The number of carbonyl (C=O) groups excluding carboxylic acids is 2. The number of rotatable bonds is 70. The third kappa shape index (κ3) is 65.7. The van der Waals surface area contributed by atoms with Crippen LogP contribution in [0.1, 0.15) is 425 Å². The van der Waals surface area contributed by atoms with Crippen LogP contribution in [0.4, 0.5) is 0 Å². The number of allylic oxidation sites excluding steroid dienone is 2. The molecule has 0 heterocycles. The Balaban J connectivity index is 3.32. The summed E-state index contributed by atoms with van der Waals surface area (Å²) in [5.74, 6) is -0.0131. The third-order valence-corrected chi connectivity index (χ3v) is 17.6. The second kappa shape index (κ2) is 70.1. The van der Waals surface area contributed by atoms with E-state index in [0.717, 1.165) is 44.9 Å². The van der Waals surface area contributed by atoms with E-state index in [1.54, 1.807) is 0 Å². The maximum Gasteiger partial charge on any atom is 0.305 e. The minimum absolute atomic E-state index is 0.0138. The Kier molecular flexibility index (Phi) is 68.9. The molecule has 476 valence electrons. The molecule has 0 aliphatic rings. The lowest BCUT2D eigenvalue weighted by atomic mass is 10.0. The van der Waals surface area contributed by atoms with Gasteiger partial charge in [-0.05, 0) is 51.4 Å². The monoisotopic (exact) mass is 1130 g/mol. The van der Waals surface area contributed by atoms with Crippen molar-refractivity contribution in [3.8, 4) is 0 Å². The smallest absolute Gasteiger partial charge is 0.305 e. The zero-order valence-corrected chi connectivity index (χ0v) is 54.6. The van der Waals surface area contributed by atoms with Crippen molar-refractivity contribution in [3.63, 3.8) is 0 Å². The van der Waals surface area contributed by atoms with Gasteiger partial charge in [0, 0.05) is 12.8 Å². The maximum atomic E-state index is 12.5. The number of aliphatic hydroxyl groups is 2. The summed E-state index contributed by atoms with van der Waals surface area (Å²) in [6, 6.07) is -0.538. The van der Waals surface area contributed by atoms with Gasteiger partial charge in [0.1, 0.15) is 0 Å². The molecule has 0 saturated heterocycles. The molecule has 0 aromatic carbocycles. The van der Waals surface area contributed by atoms with Gasteiger partial charge >= 0.3 is 5.97 Å². The Morgan fingerprint density at radius 3 is 0.887 bits per heavy atom. The topological polar surface area (TPSA) is 95.9 Å². The lowest BCUT2D eigenvalue weighted by Crippen LogP contribution is -2.45. The Morgan fingerprint density at radius 1 is 0.338 bits per heavy atom. The van der Waals surface area contributed by atoms with Crippen molar-refractivity contribution in [2.24, 2.45) is 0 Å². The molecule has 2 unspecified atom stereocenters. The molecule has 6 nitrogen and oxygen atoms in total. The molecule has 0 aromatic heterocycles. The van der Waals surface area contributed by atoms with Crippen LogP contribution in [0.15, 0.2) is 12.2 Å². The average Bonchev–Trinajstić information content (AvgIpc) is 3.46. The molecule has 0 fully saturated rings. The molecule has 0 radical (unpaired) electrons. The molecule has 1 amide bonds. The highest BCUT2D eigenvalue weighted by atomic mass is 16.5. The predicted molar refractivity (Wildman–Crippen MR) is 352 cm³/mol. The zero-order valence-electron chi connectivity index (χ0n) is 54.6. The first-order valence-electron chi connectivity index (χ1n) is 36.9. The highest BCUT2D eigenvalue weighted by Gasteiger charge is 2.20. The molecule has 3 N–H and O–H groups in total. The number of carbonyl (C=O) groups is 2. The largest absolute Gasteiger partial charge is 0.466 e. The van der Waals surface area contributed by atoms with Crippen molar-refractivity contribution in [2.75, 3.05) is 13.2 Å². The second-order valence-corrected chi connectivity index (χ2v) is 25.6. The van der Waals surface area contributed by atoms with E-state index in [1.165, 1.54) is 347 Å². The summed E-state index contributed by atoms with van der Waals surface area (Å²) in [6.07, 6.45) is 87.1. The molecular formula is C74H145NO5. The van der Waals surface area contributed by atoms with Gasteiger partial charge in [0.05, 0.1) is 25.4 Å². The van der Waals surface area contributed by atoms with E-state index in [2.05, 4.69) is 31.3 Å². The standard InChI is InChI=1S/C74H145NO5/c1-3-5-7-9-11-13-15-17-19-35-38-42-46-50-54-58-62-66-72(77)71(70-76)75-73(78)67-63-59-55-51-47-43-39-36-33-31-29-27-25-23-21-22-24-26-28-30-32-34-37-41-45-49-53-57-61-65-69-80-74(79)68-64-60-56-52-48-44-40-20-18-16-14-12-10-8-6-4-2/h20,40,71-72,76-77H,3-19,21-39,41-70H2,1-2H3,(H,75,78)/b40-20-. The zero-order chi connectivity index (χ0) is 57.8. The van der Waals surface area contributed by atoms with Crippen LogP contribution < -0.4 is 5.32 Å². The van der Waals surface area contributed by atoms with Gasteiger partial charge < -0.3 is 20.3 Å². The van der Waals surface area contributed by atoms with Crippen LogP contribution >= 0.6 is 0 Å². The van der Waals surface area contributed by atoms with Gasteiger partial charge in [0.2, 0.25) is 5.91 Å². The number of aliphatic hydroxyl groups excluding tert-OH is 2. The van der Waals surface area contributed by atoms with Crippen LogP contribution in [0.5, 0.6) is 0 Å². The van der Waals surface area contributed by atoms with Crippen LogP contribution in [0.25, 0.3) is 0 Å². The van der Waals surface area contributed by atoms with Gasteiger partial charge in [-0.1, -0.05) is 373 Å². The molecule has 6 heteroatoms. The van der Waals surface area contributed by atoms with E-state index >= 15 is 0 Å². The summed E-state index contributed by atoms with van der Waals surface area (Å²) < 4.78 is 5.50. The van der Waals surface area contributed by atoms with Gasteiger partial charge in [0.25, 0.3) is 0 Å². The van der Waals surface area contributed by atoms with E-state index in [1.807, 2.05) is 0 Å². The van der Waals surface area contributed by atoms with Crippen molar-refractivity contribution in [2.45, 2.75) is 437 Å². The number of unbranched alkanes of at least 4 members (excludes halogenated alkanes) is 57. The molecule has 0 bridgehead atoms. The molecule has 0 spiro atoms. The van der Waals surface area contributed by atoms with E-state index < -0.39 is 12.1 Å². The normalized spacial score (nSPS) is 12.5. The quantitative estimate of drug-likeness (QED) is 0.0320.